The molecule has 0 saturated carbocycles. The van der Waals surface area contributed by atoms with Crippen LogP contribution in [0.25, 0.3) is 0 Å². The lowest BCUT2D eigenvalue weighted by molar-refractivity contribution is -0.160. The Hall–Kier alpha value is -1.10. The smallest absolute Gasteiger partial charge is 0.334 e. The topological polar surface area (TPSA) is 75.6 Å². The third-order valence-corrected chi connectivity index (χ3v) is 3.21. The van der Waals surface area contributed by atoms with Crippen LogP contribution in [0.3, 0.4) is 0 Å². The van der Waals surface area contributed by atoms with Crippen LogP contribution >= 0.6 is 0 Å². The van der Waals surface area contributed by atoms with Crippen LogP contribution in [0.15, 0.2) is 0 Å². The molecule has 3 atom stereocenters. The SMILES string of the molecule is CCC(C)C(NC(C)=O)(C(=O)OC)C(O)CC. The summed E-state index contributed by atoms with van der Waals surface area (Å²) in [7, 11) is 1.25. The van der Waals surface area contributed by atoms with Crippen LogP contribution in [0.4, 0.5) is 0 Å². The minimum absolute atomic E-state index is 0.214. The number of aliphatic hydroxyl groups is 1. The number of methoxy groups -OCH3 is 1. The lowest BCUT2D eigenvalue weighted by Gasteiger charge is -2.40. The summed E-state index contributed by atoms with van der Waals surface area (Å²) in [6, 6.07) is 0. The summed E-state index contributed by atoms with van der Waals surface area (Å²) >= 11 is 0. The van der Waals surface area contributed by atoms with Crippen LogP contribution in [0, 0.1) is 5.92 Å². The van der Waals surface area contributed by atoms with Gasteiger partial charge in [-0.15, -0.1) is 0 Å². The molecule has 0 spiro atoms. The van der Waals surface area contributed by atoms with Crippen molar-refractivity contribution in [3.8, 4) is 0 Å². The summed E-state index contributed by atoms with van der Waals surface area (Å²) < 4.78 is 4.75. The fourth-order valence-corrected chi connectivity index (χ4v) is 2.03. The van der Waals surface area contributed by atoms with Crippen LogP contribution in [0.5, 0.6) is 0 Å². The van der Waals surface area contributed by atoms with Crippen LogP contribution in [-0.4, -0.2) is 35.7 Å². The number of ether oxygens (including phenoxy) is 1. The molecule has 0 aliphatic rings. The van der Waals surface area contributed by atoms with E-state index in [4.69, 9.17) is 4.74 Å². The Bertz CT molecular complexity index is 268. The zero-order valence-corrected chi connectivity index (χ0v) is 11.2. The monoisotopic (exact) mass is 245 g/mol. The molecule has 0 aromatic heterocycles. The molecule has 0 aliphatic carbocycles. The minimum atomic E-state index is -1.36. The maximum Gasteiger partial charge on any atom is 0.334 e. The molecule has 0 radical (unpaired) electrons. The Labute approximate surface area is 103 Å². The number of carbonyl (C=O) groups is 2. The van der Waals surface area contributed by atoms with Crippen molar-refractivity contribution in [2.75, 3.05) is 7.11 Å². The molecule has 3 unspecified atom stereocenters. The van der Waals surface area contributed by atoms with E-state index in [0.29, 0.717) is 12.8 Å². The number of esters is 1. The van der Waals surface area contributed by atoms with E-state index >= 15 is 0 Å². The molecular weight excluding hydrogens is 222 g/mol. The molecule has 0 aromatic carbocycles. The van der Waals surface area contributed by atoms with Crippen molar-refractivity contribution in [1.29, 1.82) is 0 Å². The quantitative estimate of drug-likeness (QED) is 0.680. The zero-order valence-electron chi connectivity index (χ0n) is 11.2. The van der Waals surface area contributed by atoms with Gasteiger partial charge in [0.1, 0.15) is 0 Å². The number of nitrogens with one attached hydrogen (secondary N) is 1. The zero-order chi connectivity index (χ0) is 13.6. The van der Waals surface area contributed by atoms with Gasteiger partial charge in [0.15, 0.2) is 5.54 Å². The normalized spacial score (nSPS) is 17.8. The standard InChI is InChI=1S/C12H23NO4/c1-6-8(3)12(10(15)7-2,11(16)17-5)13-9(4)14/h8,10,15H,6-7H2,1-5H3,(H,13,14). The van der Waals surface area contributed by atoms with Gasteiger partial charge in [-0.2, -0.15) is 0 Å². The number of rotatable bonds is 6. The number of hydrogen-bond donors (Lipinski definition) is 2. The van der Waals surface area contributed by atoms with Crippen molar-refractivity contribution in [1.82, 2.24) is 5.32 Å². The Kier molecular flexibility index (Phi) is 6.16. The largest absolute Gasteiger partial charge is 0.467 e. The highest BCUT2D eigenvalue weighted by Crippen LogP contribution is 2.28. The molecular formula is C12H23NO4. The summed E-state index contributed by atoms with van der Waals surface area (Å²) in [5.41, 5.74) is -1.36. The summed E-state index contributed by atoms with van der Waals surface area (Å²) in [5, 5.41) is 12.7. The molecule has 0 bridgehead atoms. The molecule has 1 amide bonds. The molecule has 5 nitrogen and oxygen atoms in total. The highest BCUT2D eigenvalue weighted by molar-refractivity contribution is 5.88. The Morgan fingerprint density at radius 3 is 2.18 bits per heavy atom. The van der Waals surface area contributed by atoms with E-state index in [1.165, 1.54) is 14.0 Å². The van der Waals surface area contributed by atoms with Gasteiger partial charge in [-0.3, -0.25) is 4.79 Å². The predicted octanol–water partition coefficient (Wildman–Crippen LogP) is 0.851. The van der Waals surface area contributed by atoms with Gasteiger partial charge >= 0.3 is 5.97 Å². The van der Waals surface area contributed by atoms with Crippen LogP contribution in [0.1, 0.15) is 40.5 Å². The molecule has 17 heavy (non-hydrogen) atoms. The first-order chi connectivity index (χ1) is 7.86. The predicted molar refractivity (Wildman–Crippen MR) is 64.3 cm³/mol. The summed E-state index contributed by atoms with van der Waals surface area (Å²) in [6.45, 7) is 6.79. The van der Waals surface area contributed by atoms with Crippen molar-refractivity contribution < 1.29 is 19.4 Å². The van der Waals surface area contributed by atoms with Crippen molar-refractivity contribution in [3.05, 3.63) is 0 Å². The molecule has 5 heteroatoms. The van der Waals surface area contributed by atoms with E-state index in [0.717, 1.165) is 0 Å². The maximum absolute atomic E-state index is 12.0. The van der Waals surface area contributed by atoms with E-state index in [-0.39, 0.29) is 11.8 Å². The first kappa shape index (κ1) is 15.9. The van der Waals surface area contributed by atoms with E-state index in [1.54, 1.807) is 6.92 Å². The maximum atomic E-state index is 12.0. The van der Waals surface area contributed by atoms with E-state index in [2.05, 4.69) is 5.32 Å². The number of aliphatic hydroxyl groups excluding tert-OH is 1. The number of amides is 1. The van der Waals surface area contributed by atoms with Gasteiger partial charge in [0.2, 0.25) is 5.91 Å². The van der Waals surface area contributed by atoms with Gasteiger partial charge in [0, 0.05) is 6.92 Å². The molecule has 100 valence electrons. The Morgan fingerprint density at radius 1 is 1.35 bits per heavy atom. The molecule has 0 saturated heterocycles. The van der Waals surface area contributed by atoms with E-state index < -0.39 is 17.6 Å². The van der Waals surface area contributed by atoms with Crippen molar-refractivity contribution >= 4 is 11.9 Å². The summed E-state index contributed by atoms with van der Waals surface area (Å²) in [6.07, 6.45) is 0.0420. The van der Waals surface area contributed by atoms with Gasteiger partial charge in [-0.25, -0.2) is 4.79 Å². The van der Waals surface area contributed by atoms with Gasteiger partial charge < -0.3 is 15.2 Å². The molecule has 0 rings (SSSR count). The van der Waals surface area contributed by atoms with Crippen molar-refractivity contribution in [2.24, 2.45) is 5.92 Å². The highest BCUT2D eigenvalue weighted by atomic mass is 16.5. The highest BCUT2D eigenvalue weighted by Gasteiger charge is 2.50. The second-order valence-corrected chi connectivity index (χ2v) is 4.28. The lowest BCUT2D eigenvalue weighted by atomic mass is 9.77. The molecule has 0 aliphatic heterocycles. The molecule has 0 fully saturated rings. The molecule has 0 aromatic rings. The van der Waals surface area contributed by atoms with E-state index in [1.807, 2.05) is 13.8 Å². The molecule has 0 heterocycles. The van der Waals surface area contributed by atoms with Gasteiger partial charge in [0.25, 0.3) is 0 Å². The first-order valence-corrected chi connectivity index (χ1v) is 5.91. The van der Waals surface area contributed by atoms with Crippen LogP contribution < -0.4 is 5.32 Å². The lowest BCUT2D eigenvalue weighted by Crippen LogP contribution is -2.65. The number of hydrogen-bond acceptors (Lipinski definition) is 4. The van der Waals surface area contributed by atoms with Gasteiger partial charge in [-0.1, -0.05) is 27.2 Å². The van der Waals surface area contributed by atoms with Crippen molar-refractivity contribution in [2.45, 2.75) is 52.2 Å². The van der Waals surface area contributed by atoms with Gasteiger partial charge in [0.05, 0.1) is 13.2 Å². The van der Waals surface area contributed by atoms with Crippen LogP contribution in [-0.2, 0) is 14.3 Å². The third-order valence-electron chi connectivity index (χ3n) is 3.21. The minimum Gasteiger partial charge on any atom is -0.467 e. The average molecular weight is 245 g/mol. The average Bonchev–Trinajstić information content (AvgIpc) is 2.32. The van der Waals surface area contributed by atoms with Crippen LogP contribution in [0.2, 0.25) is 0 Å². The third kappa shape index (κ3) is 3.19. The van der Waals surface area contributed by atoms with E-state index in [9.17, 15) is 14.7 Å². The Morgan fingerprint density at radius 2 is 1.88 bits per heavy atom. The second kappa shape index (κ2) is 6.59. The van der Waals surface area contributed by atoms with Gasteiger partial charge in [-0.05, 0) is 12.3 Å². The second-order valence-electron chi connectivity index (χ2n) is 4.28. The van der Waals surface area contributed by atoms with Crippen molar-refractivity contribution in [3.63, 3.8) is 0 Å². The molecule has 2 N–H and O–H groups in total. The Balaban J connectivity index is 5.51. The summed E-state index contributed by atoms with van der Waals surface area (Å²) in [5.74, 6) is -1.17. The first-order valence-electron chi connectivity index (χ1n) is 5.91. The summed E-state index contributed by atoms with van der Waals surface area (Å²) in [4.78, 5) is 23.3. The number of carbonyl (C=O) groups excluding carboxylic acids is 2. The fraction of sp³-hybridized carbons (Fsp3) is 0.833. The fourth-order valence-electron chi connectivity index (χ4n) is 2.03.